The molecule has 2 saturated carbocycles. The van der Waals surface area contributed by atoms with E-state index in [9.17, 15) is 4.79 Å². The van der Waals surface area contributed by atoms with Gasteiger partial charge in [-0.3, -0.25) is 0 Å². The van der Waals surface area contributed by atoms with Crippen molar-refractivity contribution in [3.05, 3.63) is 137 Å². The van der Waals surface area contributed by atoms with Crippen molar-refractivity contribution in [3.63, 3.8) is 0 Å². The molecule has 0 radical (unpaired) electrons. The molecule has 0 bridgehead atoms. The third kappa shape index (κ3) is 10.4. The Bertz CT molecular complexity index is 2230. The van der Waals surface area contributed by atoms with Crippen LogP contribution in [0.3, 0.4) is 0 Å². The second-order valence-corrected chi connectivity index (χ2v) is 15.2. The van der Waals surface area contributed by atoms with E-state index in [0.29, 0.717) is 62.9 Å². The van der Waals surface area contributed by atoms with Crippen molar-refractivity contribution >= 4 is 33.9 Å². The summed E-state index contributed by atoms with van der Waals surface area (Å²) in [6.07, 6.45) is 17.3. The van der Waals surface area contributed by atoms with Crippen LogP contribution in [0.4, 0.5) is 5.82 Å². The zero-order chi connectivity index (χ0) is 39.2. The highest BCUT2D eigenvalue weighted by Gasteiger charge is 2.24. The molecule has 0 amide bonds. The minimum atomic E-state index is -0.369. The highest BCUT2D eigenvalue weighted by molar-refractivity contribution is 5.91. The molecule has 2 aromatic carbocycles. The topological polar surface area (TPSA) is 84.8 Å². The van der Waals surface area contributed by atoms with Crippen LogP contribution in [0.1, 0.15) is 116 Å². The SMILES string of the molecule is CCOC(=O)c1ccc2c(C3CCCCC3)cn(CCOCc3ccccc3)c2n1.[C-]#[N+]c1ccc2c(C3CCCCC3)cn(CCOCc3ccccc3)c2n1. The summed E-state index contributed by atoms with van der Waals surface area (Å²) in [5, 5.41) is 2.36. The zero-order valence-electron chi connectivity index (χ0n) is 33.3. The van der Waals surface area contributed by atoms with Crippen LogP contribution in [0.15, 0.2) is 97.3 Å². The number of fused-ring (bicyclic) bond motifs is 2. The van der Waals surface area contributed by atoms with Crippen molar-refractivity contribution in [2.24, 2.45) is 0 Å². The highest BCUT2D eigenvalue weighted by atomic mass is 16.5. The number of hydrogen-bond acceptors (Lipinski definition) is 6. The zero-order valence-corrected chi connectivity index (χ0v) is 33.3. The third-order valence-electron chi connectivity index (χ3n) is 11.4. The van der Waals surface area contributed by atoms with Gasteiger partial charge in [0.2, 0.25) is 5.65 Å². The molecule has 0 saturated heterocycles. The maximum absolute atomic E-state index is 12.2. The number of pyridine rings is 2. The Kier molecular flexibility index (Phi) is 14.2. The number of carbonyl (C=O) groups is 1. The third-order valence-corrected chi connectivity index (χ3v) is 11.4. The van der Waals surface area contributed by atoms with Gasteiger partial charge in [-0.15, -0.1) is 4.98 Å². The minimum Gasteiger partial charge on any atom is -0.461 e. The summed E-state index contributed by atoms with van der Waals surface area (Å²) in [7, 11) is 0. The lowest BCUT2D eigenvalue weighted by Crippen LogP contribution is -2.09. The van der Waals surface area contributed by atoms with Gasteiger partial charge in [-0.1, -0.05) is 112 Å². The molecule has 0 atom stereocenters. The first-order valence-corrected chi connectivity index (χ1v) is 20.9. The number of ether oxygens (including phenoxy) is 3. The number of rotatable bonds is 14. The molecule has 2 aliphatic rings. The van der Waals surface area contributed by atoms with Crippen molar-refractivity contribution in [1.29, 1.82) is 0 Å². The Balaban J connectivity index is 0.000000175. The van der Waals surface area contributed by atoms with E-state index in [1.807, 2.05) is 55.5 Å². The molecule has 2 fully saturated rings. The maximum atomic E-state index is 12.2. The van der Waals surface area contributed by atoms with E-state index in [1.54, 1.807) is 6.07 Å². The molecule has 57 heavy (non-hydrogen) atoms. The fourth-order valence-electron chi connectivity index (χ4n) is 8.43. The molecule has 0 N–H and O–H groups in total. The van der Waals surface area contributed by atoms with Crippen LogP contribution in [0.25, 0.3) is 26.9 Å². The summed E-state index contributed by atoms with van der Waals surface area (Å²) in [5.74, 6) is 1.28. The van der Waals surface area contributed by atoms with Crippen LogP contribution in [0.5, 0.6) is 0 Å². The Morgan fingerprint density at radius 2 is 1.16 bits per heavy atom. The molecule has 9 nitrogen and oxygen atoms in total. The highest BCUT2D eigenvalue weighted by Crippen LogP contribution is 2.38. The second-order valence-electron chi connectivity index (χ2n) is 15.2. The van der Waals surface area contributed by atoms with Gasteiger partial charge in [0.1, 0.15) is 5.65 Å². The fraction of sp³-hybridized carbons (Fsp3) is 0.417. The van der Waals surface area contributed by atoms with E-state index in [4.69, 9.17) is 20.8 Å². The monoisotopic (exact) mass is 765 g/mol. The first kappa shape index (κ1) is 39.9. The molecular weight excluding hydrogens is 711 g/mol. The summed E-state index contributed by atoms with van der Waals surface area (Å²) < 4.78 is 21.3. The molecule has 8 rings (SSSR count). The summed E-state index contributed by atoms with van der Waals surface area (Å²) in [6.45, 7) is 13.3. The van der Waals surface area contributed by atoms with E-state index in [-0.39, 0.29) is 5.97 Å². The Hall–Kier alpha value is -5.30. The van der Waals surface area contributed by atoms with Crippen molar-refractivity contribution < 1.29 is 19.0 Å². The van der Waals surface area contributed by atoms with Gasteiger partial charge in [0.25, 0.3) is 5.82 Å². The van der Waals surface area contributed by atoms with Gasteiger partial charge in [-0.05, 0) is 84.9 Å². The van der Waals surface area contributed by atoms with Crippen molar-refractivity contribution in [3.8, 4) is 0 Å². The fourth-order valence-corrected chi connectivity index (χ4v) is 8.43. The first-order valence-electron chi connectivity index (χ1n) is 20.9. The van der Waals surface area contributed by atoms with E-state index >= 15 is 0 Å². The number of esters is 1. The molecular formula is C48H55N5O4. The predicted octanol–water partition coefficient (Wildman–Crippen LogP) is 11.3. The Morgan fingerprint density at radius 1 is 0.667 bits per heavy atom. The minimum absolute atomic E-state index is 0.347. The second kappa shape index (κ2) is 20.2. The van der Waals surface area contributed by atoms with Crippen molar-refractivity contribution in [2.45, 2.75) is 109 Å². The molecule has 4 heterocycles. The molecule has 4 aromatic heterocycles. The average molecular weight is 766 g/mol. The lowest BCUT2D eigenvalue weighted by Gasteiger charge is -2.21. The average Bonchev–Trinajstić information content (AvgIpc) is 3.83. The first-order chi connectivity index (χ1) is 28.1. The van der Waals surface area contributed by atoms with Crippen LogP contribution in [0, 0.1) is 6.57 Å². The number of carbonyl (C=O) groups excluding carboxylic acids is 1. The summed E-state index contributed by atoms with van der Waals surface area (Å²) in [6, 6.07) is 28.2. The largest absolute Gasteiger partial charge is 0.461 e. The van der Waals surface area contributed by atoms with Crippen LogP contribution in [-0.4, -0.2) is 44.9 Å². The van der Waals surface area contributed by atoms with Gasteiger partial charge >= 0.3 is 5.97 Å². The van der Waals surface area contributed by atoms with Gasteiger partial charge in [-0.2, -0.15) is 0 Å². The summed E-state index contributed by atoms with van der Waals surface area (Å²) in [4.78, 5) is 25.0. The number of aromatic nitrogens is 4. The van der Waals surface area contributed by atoms with Crippen LogP contribution in [-0.2, 0) is 40.5 Å². The van der Waals surface area contributed by atoms with Gasteiger partial charge in [0.05, 0.1) is 33.0 Å². The van der Waals surface area contributed by atoms with Gasteiger partial charge in [-0.25, -0.2) is 9.78 Å². The molecule has 9 heteroatoms. The normalized spacial score (nSPS) is 14.9. The lowest BCUT2D eigenvalue weighted by molar-refractivity contribution is 0.0520. The molecule has 2 aliphatic carbocycles. The van der Waals surface area contributed by atoms with Crippen molar-refractivity contribution in [1.82, 2.24) is 19.1 Å². The van der Waals surface area contributed by atoms with E-state index in [1.165, 1.54) is 91.8 Å². The van der Waals surface area contributed by atoms with Crippen molar-refractivity contribution in [2.75, 3.05) is 19.8 Å². The van der Waals surface area contributed by atoms with Gasteiger partial charge in [0, 0.05) is 36.3 Å². The van der Waals surface area contributed by atoms with E-state index in [2.05, 4.69) is 66.7 Å². The van der Waals surface area contributed by atoms with Crippen LogP contribution < -0.4 is 0 Å². The molecule has 0 unspecified atom stereocenters. The smallest absolute Gasteiger partial charge is 0.356 e. The predicted molar refractivity (Wildman–Crippen MR) is 226 cm³/mol. The lowest BCUT2D eigenvalue weighted by atomic mass is 9.84. The molecule has 6 aromatic rings. The Labute approximate surface area is 336 Å². The molecule has 296 valence electrons. The summed E-state index contributed by atoms with van der Waals surface area (Å²) >= 11 is 0. The maximum Gasteiger partial charge on any atom is 0.356 e. The van der Waals surface area contributed by atoms with E-state index in [0.717, 1.165) is 23.2 Å². The van der Waals surface area contributed by atoms with Crippen LogP contribution >= 0.6 is 0 Å². The molecule has 0 spiro atoms. The number of benzene rings is 2. The van der Waals surface area contributed by atoms with E-state index < -0.39 is 0 Å². The van der Waals surface area contributed by atoms with Gasteiger partial charge < -0.3 is 28.2 Å². The summed E-state index contributed by atoms with van der Waals surface area (Å²) in [5.41, 5.74) is 7.25. The Morgan fingerprint density at radius 3 is 1.65 bits per heavy atom. The molecule has 0 aliphatic heterocycles. The standard InChI is InChI=1S/C25H30N2O3.C23H25N3O/c1-2-30-25(28)23-14-13-21-22(20-11-7-4-8-12-20)17-27(24(21)26-23)15-16-29-18-19-9-5-3-6-10-19;1-24-22-13-12-20-21(19-10-6-3-7-11-19)16-26(23(20)25-22)14-15-27-17-18-8-4-2-5-9-18/h3,5-6,9-10,13-14,17,20H,2,4,7-8,11-12,15-16,18H2,1H3;2,4-5,8-9,12-13,16,19H,3,6-7,10-11,14-15,17H2. The quantitative estimate of drug-likeness (QED) is 0.0624. The van der Waals surface area contributed by atoms with Gasteiger partial charge in [0.15, 0.2) is 5.69 Å². The number of nitrogens with zero attached hydrogens (tertiary/aromatic N) is 5. The number of hydrogen-bond donors (Lipinski definition) is 0. The van der Waals surface area contributed by atoms with Crippen LogP contribution in [0.2, 0.25) is 0 Å².